The number of nitrogens with one attached hydrogen (secondary N) is 3. The van der Waals surface area contributed by atoms with Gasteiger partial charge in [-0.2, -0.15) is 0 Å². The van der Waals surface area contributed by atoms with Crippen LogP contribution in [-0.2, 0) is 21.4 Å². The number of ether oxygens (including phenoxy) is 1. The summed E-state index contributed by atoms with van der Waals surface area (Å²) in [4.78, 5) is 31.9. The quantitative estimate of drug-likeness (QED) is 0.225. The van der Waals surface area contributed by atoms with Crippen LogP contribution in [0.3, 0.4) is 0 Å². The molecule has 0 aliphatic carbocycles. The van der Waals surface area contributed by atoms with E-state index in [0.717, 1.165) is 27.9 Å². The summed E-state index contributed by atoms with van der Waals surface area (Å²) in [7, 11) is 0. The third kappa shape index (κ3) is 4.74. The van der Waals surface area contributed by atoms with Gasteiger partial charge in [0.25, 0.3) is 0 Å². The number of aromatic nitrogens is 1. The highest BCUT2D eigenvalue weighted by Gasteiger charge is 2.60. The topological polar surface area (TPSA) is 126 Å². The zero-order chi connectivity index (χ0) is 33.4. The molecule has 47 heavy (non-hydrogen) atoms. The van der Waals surface area contributed by atoms with E-state index in [1.165, 1.54) is 16.7 Å². The van der Waals surface area contributed by atoms with E-state index in [1.807, 2.05) is 32.9 Å². The van der Waals surface area contributed by atoms with E-state index < -0.39 is 35.7 Å². The van der Waals surface area contributed by atoms with Gasteiger partial charge in [0.15, 0.2) is 6.23 Å². The highest BCUT2D eigenvalue weighted by molar-refractivity contribution is 5.91. The molecule has 1 spiro atoms. The second-order valence-electron chi connectivity index (χ2n) is 13.9. The van der Waals surface area contributed by atoms with E-state index in [1.54, 1.807) is 13.8 Å². The van der Waals surface area contributed by atoms with Gasteiger partial charge >= 0.3 is 0 Å². The fraction of sp³-hybridized carbons (Fsp3) is 0.395. The smallest absolute Gasteiger partial charge is 0.249 e. The first-order valence-electron chi connectivity index (χ1n) is 16.4. The summed E-state index contributed by atoms with van der Waals surface area (Å²) in [5, 5.41) is 20.2. The molecule has 4 N–H and O–H groups in total. The molecule has 2 amide bonds. The Kier molecular flexibility index (Phi) is 7.43. The lowest BCUT2D eigenvalue weighted by Crippen LogP contribution is -2.52. The van der Waals surface area contributed by atoms with Crippen molar-refractivity contribution in [3.05, 3.63) is 99.8 Å². The average Bonchev–Trinajstić information content (AvgIpc) is 3.66. The maximum absolute atomic E-state index is 13.9. The van der Waals surface area contributed by atoms with Crippen molar-refractivity contribution in [2.45, 2.75) is 84.7 Å². The summed E-state index contributed by atoms with van der Waals surface area (Å²) in [5.41, 5.74) is 8.22. The Morgan fingerprint density at radius 3 is 2.43 bits per heavy atom. The predicted octanol–water partition coefficient (Wildman–Crippen LogP) is 5.62. The number of amides is 2. The molecule has 0 saturated heterocycles. The standard InChI is InChI=1S/C38H42N4O5/c1-18(2)30-36-39-22(7)33(47-36)38-25-13-9-12-24(29-20(5)10-8-11-21(29)6)31(25)42-37(38)46-28-15-14-23(16-26(28)38)17-27(34(44)41-30)40-35(45)32(43)19(3)4/h8-16,18-19,27,30,32,37,42-43H,17H2,1-7H3,(H,40,45)(H,41,44)/t27-,30-,32-,37?,38?/m0/s1. The Morgan fingerprint density at radius 2 is 1.72 bits per heavy atom. The lowest BCUT2D eigenvalue weighted by molar-refractivity contribution is -0.135. The molecular weight excluding hydrogens is 592 g/mol. The summed E-state index contributed by atoms with van der Waals surface area (Å²) in [6.45, 7) is 13.7. The number of para-hydroxylation sites is 1. The van der Waals surface area contributed by atoms with Gasteiger partial charge in [0, 0.05) is 28.8 Å². The van der Waals surface area contributed by atoms with Crippen LogP contribution in [0.25, 0.3) is 11.1 Å². The molecule has 3 aromatic carbocycles. The minimum absolute atomic E-state index is 0.0727. The van der Waals surface area contributed by atoms with E-state index in [2.05, 4.69) is 72.3 Å². The van der Waals surface area contributed by atoms with Crippen LogP contribution in [0.1, 0.15) is 78.9 Å². The molecule has 9 heteroatoms. The van der Waals surface area contributed by atoms with Crippen LogP contribution in [0.2, 0.25) is 0 Å². The first-order valence-corrected chi connectivity index (χ1v) is 16.4. The van der Waals surface area contributed by atoms with E-state index in [4.69, 9.17) is 14.1 Å². The third-order valence-electron chi connectivity index (χ3n) is 10.00. The van der Waals surface area contributed by atoms with Crippen molar-refractivity contribution in [2.75, 3.05) is 5.32 Å². The van der Waals surface area contributed by atoms with Gasteiger partial charge in [-0.25, -0.2) is 4.98 Å². The summed E-state index contributed by atoms with van der Waals surface area (Å²) in [5.74, 6) is 0.437. The van der Waals surface area contributed by atoms with Gasteiger partial charge in [0.1, 0.15) is 35.1 Å². The Labute approximate surface area is 275 Å². The molecule has 9 nitrogen and oxygen atoms in total. The first-order chi connectivity index (χ1) is 22.4. The number of rotatable bonds is 5. The lowest BCUT2D eigenvalue weighted by atomic mass is 9.72. The van der Waals surface area contributed by atoms with Crippen LogP contribution in [0.5, 0.6) is 5.75 Å². The zero-order valence-corrected chi connectivity index (χ0v) is 27.9. The Hall–Kier alpha value is -4.63. The van der Waals surface area contributed by atoms with Gasteiger partial charge in [-0.05, 0) is 60.9 Å². The van der Waals surface area contributed by atoms with Crippen LogP contribution in [-0.4, -0.2) is 40.3 Å². The number of hydrogen-bond acceptors (Lipinski definition) is 7. The van der Waals surface area contributed by atoms with Crippen LogP contribution < -0.4 is 20.7 Å². The van der Waals surface area contributed by atoms with Crippen molar-refractivity contribution in [2.24, 2.45) is 11.8 Å². The van der Waals surface area contributed by atoms with Crippen molar-refractivity contribution in [1.82, 2.24) is 15.6 Å². The third-order valence-corrected chi connectivity index (χ3v) is 10.00. The van der Waals surface area contributed by atoms with Gasteiger partial charge in [-0.15, -0.1) is 0 Å². The van der Waals surface area contributed by atoms with Crippen LogP contribution >= 0.6 is 0 Å². The molecule has 7 rings (SSSR count). The van der Waals surface area contributed by atoms with Gasteiger partial charge in [-0.3, -0.25) is 9.59 Å². The van der Waals surface area contributed by atoms with Gasteiger partial charge < -0.3 is 30.2 Å². The van der Waals surface area contributed by atoms with E-state index in [0.29, 0.717) is 23.1 Å². The zero-order valence-electron chi connectivity index (χ0n) is 27.9. The average molecular weight is 635 g/mol. The Bertz CT molecular complexity index is 1890. The number of benzene rings is 3. The molecule has 0 saturated carbocycles. The number of carbonyl (C=O) groups excluding carboxylic acids is 2. The van der Waals surface area contributed by atoms with Crippen molar-refractivity contribution in [3.8, 4) is 16.9 Å². The SMILES string of the molecule is Cc1cccc(C)c1-c1cccc2c1NC1Oc3ccc4cc3C21c1oc(nc1C)[C@H](C(C)C)NC(=O)[C@@H](NC(=O)[C@@H](O)C(C)C)C4. The number of aliphatic hydroxyl groups is 1. The number of hydrogen-bond donors (Lipinski definition) is 4. The molecule has 4 aromatic rings. The van der Waals surface area contributed by atoms with Crippen molar-refractivity contribution < 1.29 is 23.8 Å². The molecule has 3 aliphatic rings. The van der Waals surface area contributed by atoms with Gasteiger partial charge in [0.05, 0.1) is 5.69 Å². The van der Waals surface area contributed by atoms with E-state index in [9.17, 15) is 14.7 Å². The maximum Gasteiger partial charge on any atom is 0.249 e. The second kappa shape index (κ2) is 11.3. The molecule has 0 fully saturated rings. The minimum Gasteiger partial charge on any atom is -0.469 e. The fourth-order valence-corrected chi connectivity index (χ4v) is 7.56. The lowest BCUT2D eigenvalue weighted by Gasteiger charge is -2.29. The fourth-order valence-electron chi connectivity index (χ4n) is 7.56. The number of aryl methyl sites for hydroxylation is 3. The number of nitrogens with zero attached hydrogens (tertiary/aromatic N) is 1. The summed E-state index contributed by atoms with van der Waals surface area (Å²) in [6.07, 6.45) is -1.54. The summed E-state index contributed by atoms with van der Waals surface area (Å²) >= 11 is 0. The number of aliphatic hydroxyl groups excluding tert-OH is 1. The van der Waals surface area contributed by atoms with Gasteiger partial charge in [0.2, 0.25) is 17.7 Å². The molecule has 4 bridgehead atoms. The molecule has 5 atom stereocenters. The van der Waals surface area contributed by atoms with Crippen LogP contribution in [0.15, 0.2) is 59.0 Å². The molecule has 2 unspecified atom stereocenters. The second-order valence-corrected chi connectivity index (χ2v) is 13.9. The molecule has 0 radical (unpaired) electrons. The summed E-state index contributed by atoms with van der Waals surface area (Å²) < 4.78 is 13.5. The normalized spacial score (nSPS) is 23.2. The first kappa shape index (κ1) is 31.0. The van der Waals surface area contributed by atoms with Gasteiger partial charge in [-0.1, -0.05) is 76.2 Å². The van der Waals surface area contributed by atoms with Crippen molar-refractivity contribution in [1.29, 1.82) is 0 Å². The largest absolute Gasteiger partial charge is 0.469 e. The molecule has 4 heterocycles. The van der Waals surface area contributed by atoms with Crippen molar-refractivity contribution >= 4 is 17.5 Å². The molecule has 1 aromatic heterocycles. The highest BCUT2D eigenvalue weighted by Crippen LogP contribution is 2.60. The predicted molar refractivity (Wildman–Crippen MR) is 179 cm³/mol. The molecule has 3 aliphatic heterocycles. The Balaban J connectivity index is 1.46. The number of carbonyl (C=O) groups is 2. The Morgan fingerprint density at radius 1 is 1.00 bits per heavy atom. The van der Waals surface area contributed by atoms with E-state index in [-0.39, 0.29) is 24.2 Å². The number of oxazole rings is 1. The number of fused-ring (bicyclic) bond motifs is 4. The monoisotopic (exact) mass is 634 g/mol. The molecule has 244 valence electrons. The number of anilines is 1. The highest BCUT2D eigenvalue weighted by atomic mass is 16.5. The maximum atomic E-state index is 13.9. The van der Waals surface area contributed by atoms with Crippen LogP contribution in [0.4, 0.5) is 5.69 Å². The van der Waals surface area contributed by atoms with Crippen LogP contribution in [0, 0.1) is 32.6 Å². The van der Waals surface area contributed by atoms with E-state index >= 15 is 0 Å². The molecular formula is C38H42N4O5. The minimum atomic E-state index is -1.24. The van der Waals surface area contributed by atoms with Crippen molar-refractivity contribution in [3.63, 3.8) is 0 Å². The summed E-state index contributed by atoms with van der Waals surface area (Å²) in [6, 6.07) is 17.1.